The van der Waals surface area contributed by atoms with Crippen LogP contribution in [-0.4, -0.2) is 16.5 Å². The van der Waals surface area contributed by atoms with Crippen molar-refractivity contribution in [1.29, 1.82) is 0 Å². The van der Waals surface area contributed by atoms with Crippen LogP contribution in [-0.2, 0) is 11.7 Å². The molecule has 0 amide bonds. The number of halogens is 3. The van der Waals surface area contributed by atoms with Crippen LogP contribution in [0.25, 0.3) is 11.0 Å². The van der Waals surface area contributed by atoms with E-state index in [9.17, 15) is 13.2 Å². The first-order valence-electron chi connectivity index (χ1n) is 6.71. The first kappa shape index (κ1) is 13.4. The summed E-state index contributed by atoms with van der Waals surface area (Å²) in [6.45, 7) is 2.94. The Balaban J connectivity index is 2.02. The lowest BCUT2D eigenvalue weighted by molar-refractivity contribution is -0.137. The van der Waals surface area contributed by atoms with E-state index in [1.807, 2.05) is 6.92 Å². The zero-order chi connectivity index (χ0) is 14.4. The fourth-order valence-corrected chi connectivity index (χ4v) is 2.71. The zero-order valence-corrected chi connectivity index (χ0v) is 11.1. The smallest absolute Gasteiger partial charge is 0.340 e. The Kier molecular flexibility index (Phi) is 3.01. The van der Waals surface area contributed by atoms with Gasteiger partial charge < -0.3 is 10.3 Å². The lowest BCUT2D eigenvalue weighted by Gasteiger charge is -2.33. The second-order valence-electron chi connectivity index (χ2n) is 5.53. The maximum atomic E-state index is 12.7. The third kappa shape index (κ3) is 2.28. The van der Waals surface area contributed by atoms with Crippen molar-refractivity contribution in [2.75, 3.05) is 6.54 Å². The van der Waals surface area contributed by atoms with E-state index in [0.717, 1.165) is 37.9 Å². The molecule has 20 heavy (non-hydrogen) atoms. The lowest BCUT2D eigenvalue weighted by atomic mass is 9.90. The molecule has 1 unspecified atom stereocenters. The molecule has 3 rings (SSSR count). The average Bonchev–Trinajstić information content (AvgIpc) is 2.82. The highest BCUT2D eigenvalue weighted by molar-refractivity contribution is 5.76. The van der Waals surface area contributed by atoms with Crippen LogP contribution in [0.5, 0.6) is 0 Å². The Labute approximate surface area is 114 Å². The first-order valence-corrected chi connectivity index (χ1v) is 6.71. The van der Waals surface area contributed by atoms with E-state index in [1.165, 1.54) is 6.07 Å². The molecule has 1 aliphatic rings. The Morgan fingerprint density at radius 3 is 2.70 bits per heavy atom. The van der Waals surface area contributed by atoms with E-state index in [0.29, 0.717) is 16.9 Å². The fourth-order valence-electron chi connectivity index (χ4n) is 2.71. The quantitative estimate of drug-likeness (QED) is 0.840. The highest BCUT2D eigenvalue weighted by Crippen LogP contribution is 2.33. The van der Waals surface area contributed by atoms with Crippen molar-refractivity contribution >= 4 is 11.0 Å². The number of aromatic nitrogens is 2. The minimum absolute atomic E-state index is 0.282. The Bertz CT molecular complexity index is 624. The van der Waals surface area contributed by atoms with Crippen molar-refractivity contribution in [1.82, 2.24) is 15.3 Å². The number of H-pyrrole nitrogens is 1. The number of nitrogens with one attached hydrogen (secondary N) is 2. The van der Waals surface area contributed by atoms with Gasteiger partial charge in [-0.1, -0.05) is 0 Å². The summed E-state index contributed by atoms with van der Waals surface area (Å²) in [7, 11) is 0. The number of hydrogen-bond donors (Lipinski definition) is 2. The van der Waals surface area contributed by atoms with Crippen LogP contribution in [0.3, 0.4) is 0 Å². The summed E-state index contributed by atoms with van der Waals surface area (Å²) in [6, 6.07) is 3.62. The molecule has 0 radical (unpaired) electrons. The second-order valence-corrected chi connectivity index (χ2v) is 5.53. The van der Waals surface area contributed by atoms with E-state index in [2.05, 4.69) is 15.3 Å². The van der Waals surface area contributed by atoms with Gasteiger partial charge in [-0.25, -0.2) is 4.98 Å². The summed E-state index contributed by atoms with van der Waals surface area (Å²) >= 11 is 0. The Hall–Kier alpha value is -1.56. The van der Waals surface area contributed by atoms with Gasteiger partial charge >= 0.3 is 6.18 Å². The standard InChI is InChI=1S/C14H16F3N3/c1-13(6-2-3-7-18-13)12-19-10-5-4-9(14(15,16)17)8-11(10)20-12/h4-5,8,18H,2-3,6-7H2,1H3,(H,19,20). The van der Waals surface area contributed by atoms with Crippen molar-refractivity contribution < 1.29 is 13.2 Å². The monoisotopic (exact) mass is 283 g/mol. The average molecular weight is 283 g/mol. The fraction of sp³-hybridized carbons (Fsp3) is 0.500. The molecule has 1 fully saturated rings. The second kappa shape index (κ2) is 4.48. The summed E-state index contributed by atoms with van der Waals surface area (Å²) in [5, 5.41) is 3.40. The summed E-state index contributed by atoms with van der Waals surface area (Å²) < 4.78 is 38.1. The molecule has 1 aliphatic heterocycles. The molecular weight excluding hydrogens is 267 g/mol. The molecule has 0 aliphatic carbocycles. The Morgan fingerprint density at radius 2 is 2.05 bits per heavy atom. The summed E-state index contributed by atoms with van der Waals surface area (Å²) in [5.41, 5.74) is 0.0716. The number of rotatable bonds is 1. The van der Waals surface area contributed by atoms with Gasteiger partial charge in [-0.15, -0.1) is 0 Å². The van der Waals surface area contributed by atoms with Gasteiger partial charge in [0.2, 0.25) is 0 Å². The predicted molar refractivity (Wildman–Crippen MR) is 70.3 cm³/mol. The molecule has 1 atom stereocenters. The van der Waals surface area contributed by atoms with Crippen LogP contribution in [0.15, 0.2) is 18.2 Å². The summed E-state index contributed by atoms with van der Waals surface area (Å²) in [4.78, 5) is 7.49. The van der Waals surface area contributed by atoms with Crippen molar-refractivity contribution in [2.45, 2.75) is 37.9 Å². The van der Waals surface area contributed by atoms with E-state index in [-0.39, 0.29) is 5.54 Å². The normalized spacial score (nSPS) is 24.2. The predicted octanol–water partition coefficient (Wildman–Crippen LogP) is 3.57. The van der Waals surface area contributed by atoms with E-state index in [1.54, 1.807) is 0 Å². The lowest BCUT2D eigenvalue weighted by Crippen LogP contribution is -2.44. The topological polar surface area (TPSA) is 40.7 Å². The summed E-state index contributed by atoms with van der Waals surface area (Å²) in [5.74, 6) is 0.714. The van der Waals surface area contributed by atoms with Crippen LogP contribution < -0.4 is 5.32 Å². The van der Waals surface area contributed by atoms with Gasteiger partial charge in [0.1, 0.15) is 5.82 Å². The van der Waals surface area contributed by atoms with Gasteiger partial charge in [0.25, 0.3) is 0 Å². The van der Waals surface area contributed by atoms with E-state index in [4.69, 9.17) is 0 Å². The van der Waals surface area contributed by atoms with Crippen molar-refractivity contribution in [2.24, 2.45) is 0 Å². The minimum Gasteiger partial charge on any atom is -0.340 e. The third-order valence-corrected chi connectivity index (χ3v) is 3.95. The van der Waals surface area contributed by atoms with Crippen LogP contribution in [0.4, 0.5) is 13.2 Å². The van der Waals surface area contributed by atoms with E-state index < -0.39 is 11.7 Å². The van der Waals surface area contributed by atoms with Gasteiger partial charge in [0.15, 0.2) is 0 Å². The number of alkyl halides is 3. The molecule has 2 heterocycles. The molecule has 1 saturated heterocycles. The number of imidazole rings is 1. The van der Waals surface area contributed by atoms with Gasteiger partial charge in [-0.05, 0) is 50.9 Å². The number of aromatic amines is 1. The van der Waals surface area contributed by atoms with Crippen LogP contribution in [0.2, 0.25) is 0 Å². The molecule has 1 aromatic heterocycles. The number of nitrogens with zero attached hydrogens (tertiary/aromatic N) is 1. The number of piperidine rings is 1. The zero-order valence-electron chi connectivity index (χ0n) is 11.1. The van der Waals surface area contributed by atoms with Gasteiger partial charge in [0.05, 0.1) is 22.1 Å². The van der Waals surface area contributed by atoms with Crippen molar-refractivity contribution in [3.63, 3.8) is 0 Å². The molecule has 1 aromatic carbocycles. The molecule has 2 aromatic rings. The molecule has 3 nitrogen and oxygen atoms in total. The van der Waals surface area contributed by atoms with Crippen molar-refractivity contribution in [3.8, 4) is 0 Å². The number of benzene rings is 1. The highest BCUT2D eigenvalue weighted by Gasteiger charge is 2.33. The largest absolute Gasteiger partial charge is 0.416 e. The molecule has 108 valence electrons. The van der Waals surface area contributed by atoms with Crippen LogP contribution >= 0.6 is 0 Å². The molecular formula is C14H16F3N3. The van der Waals surface area contributed by atoms with Crippen LogP contribution in [0, 0.1) is 0 Å². The van der Waals surface area contributed by atoms with Gasteiger partial charge in [-0.2, -0.15) is 13.2 Å². The van der Waals surface area contributed by atoms with Crippen molar-refractivity contribution in [3.05, 3.63) is 29.6 Å². The summed E-state index contributed by atoms with van der Waals surface area (Å²) in [6.07, 6.45) is -1.19. The van der Waals surface area contributed by atoms with Gasteiger partial charge in [0, 0.05) is 0 Å². The molecule has 0 bridgehead atoms. The number of fused-ring (bicyclic) bond motifs is 1. The maximum Gasteiger partial charge on any atom is 0.416 e. The molecule has 2 N–H and O–H groups in total. The SMILES string of the molecule is CC1(c2nc3ccc(C(F)(F)F)cc3[nH]2)CCCCN1. The molecule has 0 spiro atoms. The Morgan fingerprint density at radius 1 is 1.25 bits per heavy atom. The third-order valence-electron chi connectivity index (χ3n) is 3.95. The van der Waals surface area contributed by atoms with Crippen LogP contribution in [0.1, 0.15) is 37.6 Å². The number of hydrogen-bond acceptors (Lipinski definition) is 2. The molecule has 0 saturated carbocycles. The highest BCUT2D eigenvalue weighted by atomic mass is 19.4. The maximum absolute atomic E-state index is 12.7. The van der Waals surface area contributed by atoms with Gasteiger partial charge in [-0.3, -0.25) is 0 Å². The first-order chi connectivity index (χ1) is 9.38. The minimum atomic E-state index is -4.33. The van der Waals surface area contributed by atoms with E-state index >= 15 is 0 Å². The molecule has 6 heteroatoms.